The molecule has 21 heavy (non-hydrogen) atoms. The summed E-state index contributed by atoms with van der Waals surface area (Å²) in [5.74, 6) is 1.44. The molecule has 0 atom stereocenters. The van der Waals surface area contributed by atoms with E-state index in [4.69, 9.17) is 9.47 Å². The van der Waals surface area contributed by atoms with Crippen molar-refractivity contribution >= 4 is 6.03 Å². The van der Waals surface area contributed by atoms with Gasteiger partial charge in [-0.3, -0.25) is 0 Å². The van der Waals surface area contributed by atoms with E-state index in [0.717, 1.165) is 18.6 Å². The van der Waals surface area contributed by atoms with Crippen LogP contribution in [0.15, 0.2) is 30.9 Å². The van der Waals surface area contributed by atoms with E-state index >= 15 is 0 Å². The Morgan fingerprint density at radius 1 is 1.29 bits per heavy atom. The van der Waals surface area contributed by atoms with Crippen molar-refractivity contribution in [3.63, 3.8) is 0 Å². The molecule has 0 aliphatic heterocycles. The van der Waals surface area contributed by atoms with Gasteiger partial charge in [0.1, 0.15) is 0 Å². The lowest BCUT2D eigenvalue weighted by molar-refractivity contribution is 0.241. The summed E-state index contributed by atoms with van der Waals surface area (Å²) in [6.07, 6.45) is 3.77. The summed E-state index contributed by atoms with van der Waals surface area (Å²) >= 11 is 0. The topological polar surface area (TPSA) is 59.6 Å². The number of carbonyl (C=O) groups is 1. The Hall–Kier alpha value is -2.17. The van der Waals surface area contributed by atoms with Gasteiger partial charge in [0.25, 0.3) is 0 Å². The number of methoxy groups -OCH3 is 2. The number of nitrogens with one attached hydrogen (secondary N) is 2. The first kappa shape index (κ1) is 15.2. The highest BCUT2D eigenvalue weighted by atomic mass is 16.5. The molecule has 0 radical (unpaired) electrons. The lowest BCUT2D eigenvalue weighted by atomic mass is 9.95. The van der Waals surface area contributed by atoms with Crippen LogP contribution in [-0.4, -0.2) is 33.3 Å². The molecule has 1 aromatic rings. The third kappa shape index (κ3) is 3.48. The smallest absolute Gasteiger partial charge is 0.315 e. The second kappa shape index (κ2) is 6.52. The number of urea groups is 1. The van der Waals surface area contributed by atoms with Crippen LogP contribution in [-0.2, 0) is 5.41 Å². The van der Waals surface area contributed by atoms with Gasteiger partial charge in [-0.1, -0.05) is 12.1 Å². The largest absolute Gasteiger partial charge is 0.493 e. The molecule has 1 aliphatic carbocycles. The van der Waals surface area contributed by atoms with E-state index in [1.807, 2.05) is 18.2 Å². The van der Waals surface area contributed by atoms with Crippen LogP contribution >= 0.6 is 0 Å². The first-order valence-electron chi connectivity index (χ1n) is 7.00. The van der Waals surface area contributed by atoms with Crippen LogP contribution in [0.1, 0.15) is 18.4 Å². The fourth-order valence-electron chi connectivity index (χ4n) is 2.36. The normalized spacial score (nSPS) is 15.0. The number of carbonyl (C=O) groups excluding carboxylic acids is 1. The molecule has 2 N–H and O–H groups in total. The molecule has 0 aromatic heterocycles. The second-order valence-electron chi connectivity index (χ2n) is 5.20. The number of amides is 2. The highest BCUT2D eigenvalue weighted by Gasteiger charge is 2.44. The predicted molar refractivity (Wildman–Crippen MR) is 82.1 cm³/mol. The van der Waals surface area contributed by atoms with Crippen molar-refractivity contribution < 1.29 is 14.3 Å². The van der Waals surface area contributed by atoms with Gasteiger partial charge >= 0.3 is 6.03 Å². The number of ether oxygens (including phenoxy) is 2. The standard InChI is InChI=1S/C16H22N2O3/c1-4-9-17-15(19)18-11-16(7-8-16)12-5-6-13(20-2)14(10-12)21-3/h4-6,10H,1,7-9,11H2,2-3H3,(H2,17,18,19). The monoisotopic (exact) mass is 290 g/mol. The van der Waals surface area contributed by atoms with Crippen LogP contribution in [0.3, 0.4) is 0 Å². The Morgan fingerprint density at radius 2 is 2.00 bits per heavy atom. The molecule has 1 saturated carbocycles. The molecule has 1 aromatic carbocycles. The van der Waals surface area contributed by atoms with Crippen molar-refractivity contribution in [3.05, 3.63) is 36.4 Å². The van der Waals surface area contributed by atoms with Gasteiger partial charge in [0, 0.05) is 18.5 Å². The van der Waals surface area contributed by atoms with E-state index in [1.54, 1.807) is 20.3 Å². The minimum Gasteiger partial charge on any atom is -0.493 e. The summed E-state index contributed by atoms with van der Waals surface area (Å²) in [7, 11) is 3.25. The third-order valence-electron chi connectivity index (χ3n) is 3.84. The molecule has 0 bridgehead atoms. The maximum absolute atomic E-state index is 11.6. The molecule has 0 unspecified atom stereocenters. The van der Waals surface area contributed by atoms with Crippen LogP contribution in [0.25, 0.3) is 0 Å². The molecule has 2 amide bonds. The van der Waals surface area contributed by atoms with Gasteiger partial charge in [-0.2, -0.15) is 0 Å². The zero-order chi connectivity index (χ0) is 15.3. The minimum atomic E-state index is -0.165. The fourth-order valence-corrected chi connectivity index (χ4v) is 2.36. The number of hydrogen-bond acceptors (Lipinski definition) is 3. The van der Waals surface area contributed by atoms with Crippen molar-refractivity contribution in [1.82, 2.24) is 10.6 Å². The molecular weight excluding hydrogens is 268 g/mol. The van der Waals surface area contributed by atoms with Crippen molar-refractivity contribution in [2.75, 3.05) is 27.3 Å². The van der Waals surface area contributed by atoms with Crippen molar-refractivity contribution in [1.29, 1.82) is 0 Å². The SMILES string of the molecule is C=CCNC(=O)NCC1(c2ccc(OC)c(OC)c2)CC1. The zero-order valence-electron chi connectivity index (χ0n) is 12.6. The average molecular weight is 290 g/mol. The molecule has 2 rings (SSSR count). The van der Waals surface area contributed by atoms with E-state index < -0.39 is 0 Å². The molecule has 1 aliphatic rings. The number of benzene rings is 1. The van der Waals surface area contributed by atoms with Gasteiger partial charge in [-0.25, -0.2) is 4.79 Å². The Bertz CT molecular complexity index is 524. The quantitative estimate of drug-likeness (QED) is 0.757. The van der Waals surface area contributed by atoms with Crippen molar-refractivity contribution in [3.8, 4) is 11.5 Å². The summed E-state index contributed by atoms with van der Waals surface area (Å²) in [6, 6.07) is 5.78. The second-order valence-corrected chi connectivity index (χ2v) is 5.20. The maximum atomic E-state index is 11.6. The Balaban J connectivity index is 2.03. The lowest BCUT2D eigenvalue weighted by Crippen LogP contribution is -2.39. The van der Waals surface area contributed by atoms with Gasteiger partial charge in [-0.15, -0.1) is 6.58 Å². The summed E-state index contributed by atoms with van der Waals surface area (Å²) < 4.78 is 10.6. The van der Waals surface area contributed by atoms with Crippen LogP contribution in [0.4, 0.5) is 4.79 Å². The van der Waals surface area contributed by atoms with Crippen LogP contribution in [0.5, 0.6) is 11.5 Å². The first-order valence-corrected chi connectivity index (χ1v) is 7.00. The highest BCUT2D eigenvalue weighted by molar-refractivity contribution is 5.74. The summed E-state index contributed by atoms with van der Waals surface area (Å²) in [6.45, 7) is 4.65. The van der Waals surface area contributed by atoms with Crippen LogP contribution < -0.4 is 20.1 Å². The van der Waals surface area contributed by atoms with E-state index in [-0.39, 0.29) is 11.4 Å². The Labute approximate surface area is 125 Å². The molecule has 5 nitrogen and oxygen atoms in total. The third-order valence-corrected chi connectivity index (χ3v) is 3.84. The van der Waals surface area contributed by atoms with Gasteiger partial charge < -0.3 is 20.1 Å². The van der Waals surface area contributed by atoms with Gasteiger partial charge in [-0.05, 0) is 30.5 Å². The van der Waals surface area contributed by atoms with Crippen LogP contribution in [0, 0.1) is 0 Å². The van der Waals surface area contributed by atoms with E-state index in [0.29, 0.717) is 18.8 Å². The summed E-state index contributed by atoms with van der Waals surface area (Å²) in [5.41, 5.74) is 1.19. The molecule has 5 heteroatoms. The predicted octanol–water partition coefficient (Wildman–Crippen LogP) is 2.22. The molecule has 1 fully saturated rings. The number of hydrogen-bond donors (Lipinski definition) is 2. The zero-order valence-corrected chi connectivity index (χ0v) is 12.6. The van der Waals surface area contributed by atoms with Crippen molar-refractivity contribution in [2.45, 2.75) is 18.3 Å². The molecule has 114 valence electrons. The average Bonchev–Trinajstić information content (AvgIpc) is 3.31. The van der Waals surface area contributed by atoms with Crippen LogP contribution in [0.2, 0.25) is 0 Å². The van der Waals surface area contributed by atoms with Gasteiger partial charge in [0.05, 0.1) is 14.2 Å². The van der Waals surface area contributed by atoms with Gasteiger partial charge in [0.2, 0.25) is 0 Å². The first-order chi connectivity index (χ1) is 10.1. The maximum Gasteiger partial charge on any atom is 0.315 e. The highest BCUT2D eigenvalue weighted by Crippen LogP contribution is 2.49. The minimum absolute atomic E-state index is 0.0189. The van der Waals surface area contributed by atoms with Crippen molar-refractivity contribution in [2.24, 2.45) is 0 Å². The summed E-state index contributed by atoms with van der Waals surface area (Å²) in [5, 5.41) is 5.63. The molecular formula is C16H22N2O3. The molecule has 0 heterocycles. The van der Waals surface area contributed by atoms with E-state index in [1.165, 1.54) is 5.56 Å². The Kier molecular flexibility index (Phi) is 4.73. The molecule has 0 spiro atoms. The van der Waals surface area contributed by atoms with E-state index in [2.05, 4.69) is 17.2 Å². The number of rotatable bonds is 7. The fraction of sp³-hybridized carbons (Fsp3) is 0.438. The van der Waals surface area contributed by atoms with E-state index in [9.17, 15) is 4.79 Å². The Morgan fingerprint density at radius 3 is 2.57 bits per heavy atom. The summed E-state index contributed by atoms with van der Waals surface area (Å²) in [4.78, 5) is 11.6. The van der Waals surface area contributed by atoms with Gasteiger partial charge in [0.15, 0.2) is 11.5 Å². The molecule has 0 saturated heterocycles. The lowest BCUT2D eigenvalue weighted by Gasteiger charge is -2.18.